The average Bonchev–Trinajstić information content (AvgIpc) is 0.833. The first kappa shape index (κ1) is 111. The summed E-state index contributed by atoms with van der Waals surface area (Å²) >= 11 is 27.1. The van der Waals surface area contributed by atoms with E-state index in [9.17, 15) is 57.5 Å². The summed E-state index contributed by atoms with van der Waals surface area (Å²) in [6.07, 6.45) is 1.64. The Morgan fingerprint density at radius 3 is 0.570 bits per heavy atom. The molecule has 0 aromatic rings. The van der Waals surface area contributed by atoms with Crippen LogP contribution in [0.3, 0.4) is 0 Å². The number of hydrogen-bond acceptors (Lipinski definition) is 20. The molecule has 0 aromatic carbocycles. The zero-order chi connectivity index (χ0) is 88.1. The average molecular weight is 2150 g/mol. The third kappa shape index (κ3) is 48.4. The number of carbonyl (C=O) groups is 12. The SMILES string of the molecule is C=CCOCCOCCOCCOCCOCC(CNC(=O)COCC(CNC(=O)C(C)(C)C)(CNC(=O)C(C)(C)Br)CNC(=O)C(C)(C)Br)(CNC(=O)COCC(CNC(=O)C(C)(C)Br)(CNC(=O)C(C)(C)Br)CNC(=O)C(C)(C)Br)CNC(=O)COCC(CNC(=O)C(C)(C)Br)(CNC(=O)C(C)(C)Br)CNC(=O)C(C)(C)Br. The van der Waals surface area contributed by atoms with Crippen LogP contribution in [0, 0.1) is 27.1 Å². The number of nitrogens with one attached hydrogen (secondary N) is 12. The van der Waals surface area contributed by atoms with Gasteiger partial charge in [-0.25, -0.2) is 0 Å². The van der Waals surface area contributed by atoms with Gasteiger partial charge in [0.25, 0.3) is 0 Å². The molecule has 0 aliphatic heterocycles. The highest BCUT2D eigenvalue weighted by Gasteiger charge is 2.43. The van der Waals surface area contributed by atoms with E-state index < -0.39 is 146 Å². The van der Waals surface area contributed by atoms with E-state index >= 15 is 0 Å². The van der Waals surface area contributed by atoms with Crippen LogP contribution < -0.4 is 63.8 Å². The second-order valence-electron chi connectivity index (χ2n) is 33.2. The fraction of sp³-hybridized carbons (Fsp3) is 0.811. The van der Waals surface area contributed by atoms with E-state index in [0.29, 0.717) is 26.4 Å². The van der Waals surface area contributed by atoms with E-state index in [1.807, 2.05) is 0 Å². The lowest BCUT2D eigenvalue weighted by Crippen LogP contribution is -2.58. The largest absolute Gasteiger partial charge is 0.378 e. The van der Waals surface area contributed by atoms with E-state index in [4.69, 9.17) is 37.9 Å². The minimum atomic E-state index is -1.52. The Labute approximate surface area is 741 Å². The maximum Gasteiger partial charge on any atom is 0.246 e. The number of alkyl halides is 8. The highest BCUT2D eigenvalue weighted by Crippen LogP contribution is 2.28. The van der Waals surface area contributed by atoms with Gasteiger partial charge in [-0.15, -0.1) is 6.58 Å². The molecule has 0 atom stereocenters. The molecule has 12 N–H and O–H groups in total. The first-order chi connectivity index (χ1) is 52.0. The monoisotopic (exact) mass is 2140 g/mol. The van der Waals surface area contributed by atoms with Crippen molar-refractivity contribution in [3.05, 3.63) is 12.7 Å². The summed E-state index contributed by atoms with van der Waals surface area (Å²) in [5.74, 6) is -6.11. The topological polar surface area (TPSA) is 423 Å². The van der Waals surface area contributed by atoms with Crippen LogP contribution in [-0.4, -0.2) is 290 Å². The summed E-state index contributed by atoms with van der Waals surface area (Å²) < 4.78 is 38.8. The first-order valence-electron chi connectivity index (χ1n) is 37.1. The molecule has 0 aliphatic rings. The zero-order valence-electron chi connectivity index (χ0n) is 69.8. The van der Waals surface area contributed by atoms with Gasteiger partial charge in [0.1, 0.15) is 19.8 Å². The van der Waals surface area contributed by atoms with Gasteiger partial charge in [-0.1, -0.05) is 154 Å². The summed E-state index contributed by atoms with van der Waals surface area (Å²) in [6.45, 7) is 30.8. The zero-order valence-corrected chi connectivity index (χ0v) is 82.5. The molecule has 40 heteroatoms. The smallest absolute Gasteiger partial charge is 0.246 e. The lowest BCUT2D eigenvalue weighted by Gasteiger charge is -2.37. The number of hydrogen-bond donors (Lipinski definition) is 12. The first-order valence-corrected chi connectivity index (χ1v) is 43.5. The van der Waals surface area contributed by atoms with Crippen molar-refractivity contribution in [2.45, 2.75) is 166 Å². The van der Waals surface area contributed by atoms with Crippen molar-refractivity contribution in [1.82, 2.24) is 63.8 Å². The van der Waals surface area contributed by atoms with Crippen LogP contribution in [0.15, 0.2) is 12.7 Å². The number of halogens is 8. The van der Waals surface area contributed by atoms with Gasteiger partial charge < -0.3 is 102 Å². The quantitative estimate of drug-likeness (QED) is 0.0214. The predicted octanol–water partition coefficient (Wildman–Crippen LogP) is 5.08. The second-order valence-corrected chi connectivity index (χ2v) is 49.1. The lowest BCUT2D eigenvalue weighted by molar-refractivity contribution is -0.132. The molecule has 0 bridgehead atoms. The van der Waals surface area contributed by atoms with E-state index in [0.717, 1.165) is 0 Å². The highest BCUT2D eigenvalue weighted by atomic mass is 79.9. The molecule has 0 spiro atoms. The Morgan fingerprint density at radius 2 is 0.395 bits per heavy atom. The van der Waals surface area contributed by atoms with Crippen LogP contribution in [0.5, 0.6) is 0 Å². The van der Waals surface area contributed by atoms with Crippen molar-refractivity contribution in [2.75, 3.05) is 184 Å². The van der Waals surface area contributed by atoms with Crippen LogP contribution in [-0.2, 0) is 95.4 Å². The van der Waals surface area contributed by atoms with Gasteiger partial charge in [0, 0.05) is 106 Å². The molecule has 0 radical (unpaired) electrons. The molecule has 0 unspecified atom stereocenters. The molecule has 0 heterocycles. The molecule has 0 rings (SSSR count). The van der Waals surface area contributed by atoms with Crippen LogP contribution in [0.4, 0.5) is 0 Å². The molecular formula is C74H128Br8N12O20. The van der Waals surface area contributed by atoms with Crippen molar-refractivity contribution in [2.24, 2.45) is 27.1 Å². The van der Waals surface area contributed by atoms with Crippen molar-refractivity contribution in [3.63, 3.8) is 0 Å². The van der Waals surface area contributed by atoms with Gasteiger partial charge >= 0.3 is 0 Å². The molecule has 660 valence electrons. The Hall–Kier alpha value is -3.10. The third-order valence-corrected chi connectivity index (χ3v) is 19.5. The molecule has 0 aromatic heterocycles. The van der Waals surface area contributed by atoms with Crippen LogP contribution in [0.25, 0.3) is 0 Å². The van der Waals surface area contributed by atoms with Crippen LogP contribution >= 0.6 is 127 Å². The normalized spacial score (nSPS) is 13.0. The number of amides is 12. The van der Waals surface area contributed by atoms with Gasteiger partial charge in [0.15, 0.2) is 0 Å². The molecular weight excluding hydrogens is 2020 g/mol. The second kappa shape index (κ2) is 51.0. The van der Waals surface area contributed by atoms with Crippen LogP contribution in [0.2, 0.25) is 0 Å². The lowest BCUT2D eigenvalue weighted by atomic mass is 9.86. The minimum Gasteiger partial charge on any atom is -0.378 e. The highest BCUT2D eigenvalue weighted by molar-refractivity contribution is 9.11. The fourth-order valence-electron chi connectivity index (χ4n) is 9.04. The molecule has 0 aliphatic carbocycles. The summed E-state index contributed by atoms with van der Waals surface area (Å²) in [6, 6.07) is 0. The Bertz CT molecular complexity index is 2590. The van der Waals surface area contributed by atoms with Crippen molar-refractivity contribution >= 4 is 198 Å². The van der Waals surface area contributed by atoms with Gasteiger partial charge in [0.05, 0.1) is 120 Å². The number of rotatable bonds is 60. The summed E-state index contributed by atoms with van der Waals surface area (Å²) in [7, 11) is 0. The fourth-order valence-corrected chi connectivity index (χ4v) is 10.2. The van der Waals surface area contributed by atoms with Gasteiger partial charge in [0.2, 0.25) is 70.9 Å². The third-order valence-electron chi connectivity index (χ3n) is 16.7. The number of ether oxygens (including phenoxy) is 8. The maximum atomic E-state index is 14.5. The van der Waals surface area contributed by atoms with Crippen molar-refractivity contribution in [1.29, 1.82) is 0 Å². The summed E-state index contributed by atoms with van der Waals surface area (Å²) in [5.41, 5.74) is -6.33. The molecule has 0 fully saturated rings. The van der Waals surface area contributed by atoms with E-state index in [1.54, 1.807) is 138 Å². The molecule has 32 nitrogen and oxygen atoms in total. The molecule has 114 heavy (non-hydrogen) atoms. The van der Waals surface area contributed by atoms with Crippen molar-refractivity contribution in [3.8, 4) is 0 Å². The Kier molecular flexibility index (Phi) is 49.6. The maximum absolute atomic E-state index is 14.5. The Morgan fingerprint density at radius 1 is 0.237 bits per heavy atom. The minimum absolute atomic E-state index is 0.0172. The van der Waals surface area contributed by atoms with E-state index in [2.05, 4.69) is 198 Å². The van der Waals surface area contributed by atoms with Crippen molar-refractivity contribution < 1.29 is 95.4 Å². The standard InChI is InChI=1S/C74H128Br8N12O20/c1-21-22-107-23-24-108-25-26-109-27-28-110-29-30-111-46-71(34-83-50(95)31-112-47-72(37-86-53(98)62(2,3)4,38-87-54(99)63(5,6)75)39-88-55(100)64(7,8)76,35-84-51(96)32-113-48-73(40-89-56(101)65(9,10)77,41-90-57(102)66(11,12)78)42-91-58(103)67(13,14)79)36-85-52(97)33-114-49-74(43-92-59(104)68(15,16)80,44-93-60(105)69(17,18)81)45-94-61(106)70(19,20)82/h21H,1,22-49H2,2-20H3,(H,83,95)(H,84,96)(H,85,97)(H,86,98)(H,87,99)(H,88,100)(H,89,101)(H,90,102)(H,91,103)(H,92,104)(H,93,105)(H,94,106). The molecule has 0 saturated carbocycles. The van der Waals surface area contributed by atoms with Gasteiger partial charge in [-0.3, -0.25) is 57.5 Å². The van der Waals surface area contributed by atoms with E-state index in [1.165, 1.54) is 0 Å². The van der Waals surface area contributed by atoms with Gasteiger partial charge in [-0.2, -0.15) is 0 Å². The van der Waals surface area contributed by atoms with Crippen LogP contribution in [0.1, 0.15) is 132 Å². The van der Waals surface area contributed by atoms with Gasteiger partial charge in [-0.05, 0) is 111 Å². The number of carbonyl (C=O) groups excluding carboxylic acids is 12. The predicted molar refractivity (Wildman–Crippen MR) is 466 cm³/mol. The molecule has 12 amide bonds. The summed E-state index contributed by atoms with van der Waals surface area (Å²) in [5, 5.41) is 34.6. The Balaban J connectivity index is 8.22. The summed E-state index contributed by atoms with van der Waals surface area (Å²) in [4.78, 5) is 165. The van der Waals surface area contributed by atoms with E-state index in [-0.39, 0.29) is 144 Å². The molecule has 0 saturated heterocycles.